The van der Waals surface area contributed by atoms with Crippen molar-refractivity contribution in [1.82, 2.24) is 25.1 Å². The predicted octanol–water partition coefficient (Wildman–Crippen LogP) is 3.41. The van der Waals surface area contributed by atoms with Gasteiger partial charge in [-0.3, -0.25) is 0 Å². The topological polar surface area (TPSA) is 145 Å². The van der Waals surface area contributed by atoms with Crippen LogP contribution in [0.1, 0.15) is 16.8 Å². The molecule has 0 saturated heterocycles. The Labute approximate surface area is 188 Å². The molecule has 0 aliphatic heterocycles. The standard InChI is InChI=1S/C20H15ClF3N7O2/c21-8-1-4-15-10(5-8)14(6-9-12(22)2-3-13(23)16(9)24)30-31(15)19-28-17(25)11(18(26)29-19)7-27-20(32)33/h1-5,27H,6-7H2,(H,32,33)(H4,25,26,28,29). The molecule has 4 aromatic rings. The molecule has 1 amide bonds. The number of amides is 1. The third kappa shape index (κ3) is 4.20. The maximum atomic E-state index is 14.3. The van der Waals surface area contributed by atoms with Gasteiger partial charge in [0.25, 0.3) is 5.95 Å². The zero-order valence-electron chi connectivity index (χ0n) is 16.6. The Morgan fingerprint density at radius 2 is 1.73 bits per heavy atom. The molecular formula is C20H15ClF3N7O2. The zero-order valence-corrected chi connectivity index (χ0v) is 17.4. The Morgan fingerprint density at radius 3 is 2.39 bits per heavy atom. The molecule has 0 radical (unpaired) electrons. The number of nitrogens with one attached hydrogen (secondary N) is 1. The van der Waals surface area contributed by atoms with Gasteiger partial charge in [-0.05, 0) is 30.3 Å². The number of nitrogen functional groups attached to an aromatic ring is 2. The molecule has 0 aliphatic carbocycles. The average molecular weight is 478 g/mol. The summed E-state index contributed by atoms with van der Waals surface area (Å²) in [5, 5.41) is 16.0. The van der Waals surface area contributed by atoms with Gasteiger partial charge in [0.2, 0.25) is 0 Å². The van der Waals surface area contributed by atoms with E-state index < -0.39 is 29.1 Å². The molecule has 2 heterocycles. The summed E-state index contributed by atoms with van der Waals surface area (Å²) < 4.78 is 43.4. The molecule has 6 N–H and O–H groups in total. The molecule has 0 unspecified atom stereocenters. The summed E-state index contributed by atoms with van der Waals surface area (Å²) in [6.45, 7) is -0.216. The highest BCUT2D eigenvalue weighted by Crippen LogP contribution is 2.29. The molecule has 2 aromatic carbocycles. The summed E-state index contributed by atoms with van der Waals surface area (Å²) in [6, 6.07) is 6.20. The van der Waals surface area contributed by atoms with Crippen molar-refractivity contribution in [2.24, 2.45) is 0 Å². The smallest absolute Gasteiger partial charge is 0.404 e. The van der Waals surface area contributed by atoms with Crippen molar-refractivity contribution in [3.8, 4) is 5.95 Å². The fourth-order valence-electron chi connectivity index (χ4n) is 3.28. The first-order chi connectivity index (χ1) is 15.7. The number of hydrogen-bond donors (Lipinski definition) is 4. The fraction of sp³-hybridized carbons (Fsp3) is 0.100. The highest BCUT2D eigenvalue weighted by atomic mass is 35.5. The van der Waals surface area contributed by atoms with Crippen molar-refractivity contribution in [1.29, 1.82) is 0 Å². The van der Waals surface area contributed by atoms with Crippen LogP contribution < -0.4 is 16.8 Å². The molecule has 9 nitrogen and oxygen atoms in total. The Bertz CT molecular complexity index is 1390. The van der Waals surface area contributed by atoms with E-state index in [-0.39, 0.29) is 41.8 Å². The minimum absolute atomic E-state index is 0.0668. The summed E-state index contributed by atoms with van der Waals surface area (Å²) in [6.07, 6.45) is -1.67. The van der Waals surface area contributed by atoms with Crippen LogP contribution in [-0.4, -0.2) is 30.9 Å². The van der Waals surface area contributed by atoms with E-state index in [0.717, 1.165) is 6.07 Å². The number of hydrogen-bond acceptors (Lipinski definition) is 6. The lowest BCUT2D eigenvalue weighted by Crippen LogP contribution is -2.23. The van der Waals surface area contributed by atoms with E-state index in [1.807, 2.05) is 0 Å². The van der Waals surface area contributed by atoms with E-state index in [9.17, 15) is 18.0 Å². The van der Waals surface area contributed by atoms with Crippen molar-refractivity contribution < 1.29 is 23.1 Å². The summed E-state index contributed by atoms with van der Waals surface area (Å²) in [7, 11) is 0. The Hall–Kier alpha value is -4.06. The lowest BCUT2D eigenvalue weighted by molar-refractivity contribution is 0.194. The Balaban J connectivity index is 1.84. The number of rotatable bonds is 5. The molecule has 0 atom stereocenters. The number of benzene rings is 2. The van der Waals surface area contributed by atoms with Crippen LogP contribution in [0.4, 0.5) is 29.6 Å². The van der Waals surface area contributed by atoms with Crippen LogP contribution in [0.25, 0.3) is 16.9 Å². The summed E-state index contributed by atoms with van der Waals surface area (Å²) in [5.74, 6) is -3.69. The number of aromatic nitrogens is 4. The van der Waals surface area contributed by atoms with Gasteiger partial charge < -0.3 is 21.9 Å². The average Bonchev–Trinajstić information content (AvgIpc) is 3.10. The predicted molar refractivity (Wildman–Crippen MR) is 114 cm³/mol. The molecule has 170 valence electrons. The van der Waals surface area contributed by atoms with Gasteiger partial charge in [0.1, 0.15) is 17.5 Å². The number of nitrogens with two attached hydrogens (primary N) is 2. The monoisotopic (exact) mass is 477 g/mol. The fourth-order valence-corrected chi connectivity index (χ4v) is 3.45. The van der Waals surface area contributed by atoms with Crippen LogP contribution in [0.2, 0.25) is 5.02 Å². The largest absolute Gasteiger partial charge is 0.465 e. The summed E-state index contributed by atoms with van der Waals surface area (Å²) in [5.41, 5.74) is 12.1. The molecular weight excluding hydrogens is 463 g/mol. The van der Waals surface area contributed by atoms with Gasteiger partial charge in [-0.1, -0.05) is 11.6 Å². The quantitative estimate of drug-likeness (QED) is 0.322. The molecule has 0 aliphatic rings. The minimum atomic E-state index is -1.32. The lowest BCUT2D eigenvalue weighted by atomic mass is 10.1. The maximum Gasteiger partial charge on any atom is 0.404 e. The van der Waals surface area contributed by atoms with E-state index >= 15 is 0 Å². The van der Waals surface area contributed by atoms with Gasteiger partial charge in [-0.25, -0.2) is 18.0 Å². The second-order valence-electron chi connectivity index (χ2n) is 6.95. The van der Waals surface area contributed by atoms with Crippen LogP contribution in [0, 0.1) is 17.5 Å². The summed E-state index contributed by atoms with van der Waals surface area (Å²) >= 11 is 6.10. The third-order valence-corrected chi connectivity index (χ3v) is 5.10. The molecule has 33 heavy (non-hydrogen) atoms. The van der Waals surface area contributed by atoms with Crippen molar-refractivity contribution in [3.05, 3.63) is 69.6 Å². The van der Waals surface area contributed by atoms with Crippen molar-refractivity contribution in [2.75, 3.05) is 11.5 Å². The number of carboxylic acid groups (broad SMARTS) is 1. The Morgan fingerprint density at radius 1 is 1.06 bits per heavy atom. The van der Waals surface area contributed by atoms with E-state index in [2.05, 4.69) is 20.4 Å². The molecule has 13 heteroatoms. The maximum absolute atomic E-state index is 14.3. The highest BCUT2D eigenvalue weighted by molar-refractivity contribution is 6.31. The zero-order chi connectivity index (χ0) is 23.9. The van der Waals surface area contributed by atoms with Crippen LogP contribution in [0.5, 0.6) is 0 Å². The van der Waals surface area contributed by atoms with Crippen molar-refractivity contribution in [3.63, 3.8) is 0 Å². The highest BCUT2D eigenvalue weighted by Gasteiger charge is 2.21. The first-order valence-electron chi connectivity index (χ1n) is 9.34. The molecule has 0 fully saturated rings. The third-order valence-electron chi connectivity index (χ3n) is 4.87. The minimum Gasteiger partial charge on any atom is -0.465 e. The van der Waals surface area contributed by atoms with E-state index in [1.54, 1.807) is 12.1 Å². The molecule has 4 rings (SSSR count). The second kappa shape index (κ2) is 8.47. The van der Waals surface area contributed by atoms with Crippen molar-refractivity contribution >= 4 is 40.2 Å². The van der Waals surface area contributed by atoms with Crippen LogP contribution >= 0.6 is 11.6 Å². The number of anilines is 2. The van der Waals surface area contributed by atoms with E-state index in [0.29, 0.717) is 22.0 Å². The van der Waals surface area contributed by atoms with Gasteiger partial charge in [0, 0.05) is 22.4 Å². The molecule has 2 aromatic heterocycles. The normalized spacial score (nSPS) is 11.2. The number of carbonyl (C=O) groups is 1. The van der Waals surface area contributed by atoms with Crippen LogP contribution in [-0.2, 0) is 13.0 Å². The summed E-state index contributed by atoms with van der Waals surface area (Å²) in [4.78, 5) is 19.0. The van der Waals surface area contributed by atoms with Gasteiger partial charge >= 0.3 is 6.09 Å². The van der Waals surface area contributed by atoms with Gasteiger partial charge in [0.15, 0.2) is 11.6 Å². The first-order valence-corrected chi connectivity index (χ1v) is 9.72. The van der Waals surface area contributed by atoms with Gasteiger partial charge in [-0.15, -0.1) is 0 Å². The number of nitrogens with zero attached hydrogens (tertiary/aromatic N) is 4. The SMILES string of the molecule is Nc1nc(-n2nc(Cc3c(F)ccc(F)c3F)c3cc(Cl)ccc32)nc(N)c1CNC(=O)O. The molecule has 0 bridgehead atoms. The van der Waals surface area contributed by atoms with E-state index in [4.69, 9.17) is 28.2 Å². The van der Waals surface area contributed by atoms with Crippen LogP contribution in [0.3, 0.4) is 0 Å². The number of fused-ring (bicyclic) bond motifs is 1. The first kappa shape index (κ1) is 22.1. The van der Waals surface area contributed by atoms with Gasteiger partial charge in [0.05, 0.1) is 23.3 Å². The van der Waals surface area contributed by atoms with Crippen LogP contribution in [0.15, 0.2) is 30.3 Å². The van der Waals surface area contributed by atoms with Gasteiger partial charge in [-0.2, -0.15) is 19.7 Å². The van der Waals surface area contributed by atoms with E-state index in [1.165, 1.54) is 10.7 Å². The second-order valence-corrected chi connectivity index (χ2v) is 7.39. The number of halogens is 4. The van der Waals surface area contributed by atoms with Crippen molar-refractivity contribution in [2.45, 2.75) is 13.0 Å². The molecule has 0 spiro atoms. The lowest BCUT2D eigenvalue weighted by Gasteiger charge is -2.10. The molecule has 0 saturated carbocycles. The Kier molecular flexibility index (Phi) is 5.68.